The van der Waals surface area contributed by atoms with Crippen molar-refractivity contribution in [3.8, 4) is 0 Å². The summed E-state index contributed by atoms with van der Waals surface area (Å²) in [4.78, 5) is 17.5. The van der Waals surface area contributed by atoms with Crippen molar-refractivity contribution in [1.29, 1.82) is 5.41 Å². The predicted molar refractivity (Wildman–Crippen MR) is 101 cm³/mol. The predicted octanol–water partition coefficient (Wildman–Crippen LogP) is 2.05. The van der Waals surface area contributed by atoms with Gasteiger partial charge in [0.1, 0.15) is 0 Å². The third kappa shape index (κ3) is 4.95. The van der Waals surface area contributed by atoms with Crippen LogP contribution in [0, 0.1) is 18.2 Å². The van der Waals surface area contributed by atoms with Crippen LogP contribution in [0.25, 0.3) is 0 Å². The van der Waals surface area contributed by atoms with Crippen LogP contribution in [-0.4, -0.2) is 36.3 Å². The molecule has 0 bridgehead atoms. The largest absolute Gasteiger partial charge is 0.415 e. The van der Waals surface area contributed by atoms with Crippen molar-refractivity contribution < 1.29 is 18.7 Å². The minimum atomic E-state index is -0.902. The Morgan fingerprint density at radius 3 is 2.86 bits per heavy atom. The van der Waals surface area contributed by atoms with Gasteiger partial charge in [-0.2, -0.15) is 0 Å². The fraction of sp³-hybridized carbons (Fsp3) is 0.316. The quantitative estimate of drug-likeness (QED) is 0.516. The Hall–Kier alpha value is -3.20. The monoisotopic (exact) mass is 387 g/mol. The van der Waals surface area contributed by atoms with Crippen LogP contribution < -0.4 is 16.0 Å². The molecule has 0 unspecified atom stereocenters. The van der Waals surface area contributed by atoms with Crippen molar-refractivity contribution in [2.75, 3.05) is 18.0 Å². The highest BCUT2D eigenvalue weighted by molar-refractivity contribution is 5.83. The smallest absolute Gasteiger partial charge is 0.377 e. The molecule has 9 heteroatoms. The highest BCUT2D eigenvalue weighted by Crippen LogP contribution is 2.28. The summed E-state index contributed by atoms with van der Waals surface area (Å²) in [6.45, 7) is 3.49. The molecule has 1 aliphatic heterocycles. The summed E-state index contributed by atoms with van der Waals surface area (Å²) in [5.74, 6) is -0.410. The molecule has 2 aromatic rings. The number of hydrogen-bond acceptors (Lipinski definition) is 6. The number of anilines is 1. The van der Waals surface area contributed by atoms with E-state index in [-0.39, 0.29) is 12.6 Å². The van der Waals surface area contributed by atoms with Gasteiger partial charge in [0.05, 0.1) is 18.4 Å². The van der Waals surface area contributed by atoms with Gasteiger partial charge in [-0.3, -0.25) is 10.4 Å². The number of alkyl carbamates (subject to hydrolysis) is 1. The van der Waals surface area contributed by atoms with Crippen LogP contribution in [0.4, 0.5) is 14.9 Å². The van der Waals surface area contributed by atoms with Crippen LogP contribution in [0.2, 0.25) is 0 Å². The molecule has 1 aromatic carbocycles. The lowest BCUT2D eigenvalue weighted by atomic mass is 10.1. The highest BCUT2D eigenvalue weighted by Gasteiger charge is 2.30. The van der Waals surface area contributed by atoms with Crippen LogP contribution in [-0.2, 0) is 22.6 Å². The molecule has 0 radical (unpaired) electrons. The normalized spacial score (nSPS) is 13.7. The number of nitrogens with zero attached hydrogens (tertiary/aromatic N) is 2. The van der Waals surface area contributed by atoms with E-state index < -0.39 is 17.9 Å². The third-order valence-corrected chi connectivity index (χ3v) is 4.33. The third-order valence-electron chi connectivity index (χ3n) is 4.33. The molecule has 1 fully saturated rings. The number of aryl methyl sites for hydroxylation is 1. The van der Waals surface area contributed by atoms with E-state index in [1.807, 2.05) is 24.0 Å². The SMILES string of the molecule is Cc1ccc(COC2CN(c3cccc(CNC(=O)OC(=N)N)c3F)C2)cn1. The number of benzene rings is 1. The van der Waals surface area contributed by atoms with E-state index in [2.05, 4.69) is 15.0 Å². The number of aromatic nitrogens is 1. The Balaban J connectivity index is 1.50. The number of amidine groups is 1. The number of carbonyl (C=O) groups is 1. The fourth-order valence-corrected chi connectivity index (χ4v) is 2.79. The minimum absolute atomic E-state index is 0.0213. The van der Waals surface area contributed by atoms with Crippen molar-refractivity contribution in [3.63, 3.8) is 0 Å². The van der Waals surface area contributed by atoms with Crippen LogP contribution in [0.3, 0.4) is 0 Å². The Bertz CT molecular complexity index is 853. The summed E-state index contributed by atoms with van der Waals surface area (Å²) in [5.41, 5.74) is 7.69. The van der Waals surface area contributed by atoms with E-state index in [9.17, 15) is 9.18 Å². The van der Waals surface area contributed by atoms with Gasteiger partial charge in [0.2, 0.25) is 0 Å². The summed E-state index contributed by atoms with van der Waals surface area (Å²) < 4.78 is 24.9. The van der Waals surface area contributed by atoms with Gasteiger partial charge in [0.15, 0.2) is 5.82 Å². The highest BCUT2D eigenvalue weighted by atomic mass is 19.1. The lowest BCUT2D eigenvalue weighted by Gasteiger charge is -2.41. The molecule has 0 aliphatic carbocycles. The molecule has 0 spiro atoms. The number of halogens is 1. The average molecular weight is 387 g/mol. The second-order valence-corrected chi connectivity index (χ2v) is 6.50. The Morgan fingerprint density at radius 2 is 2.18 bits per heavy atom. The Labute approximate surface area is 162 Å². The minimum Gasteiger partial charge on any atom is -0.377 e. The maximum Gasteiger partial charge on any atom is 0.415 e. The zero-order valence-electron chi connectivity index (χ0n) is 15.4. The summed E-state index contributed by atoms with van der Waals surface area (Å²) in [5, 5.41) is 9.24. The fourth-order valence-electron chi connectivity index (χ4n) is 2.79. The molecule has 8 nitrogen and oxygen atoms in total. The second kappa shape index (κ2) is 8.66. The number of rotatable bonds is 6. The maximum atomic E-state index is 14.7. The Kier molecular flexibility index (Phi) is 6.05. The first-order valence-corrected chi connectivity index (χ1v) is 8.77. The molecule has 3 rings (SSSR count). The van der Waals surface area contributed by atoms with Gasteiger partial charge in [-0.05, 0) is 24.6 Å². The van der Waals surface area contributed by atoms with E-state index in [1.54, 1.807) is 24.4 Å². The lowest BCUT2D eigenvalue weighted by molar-refractivity contribution is 0.0220. The van der Waals surface area contributed by atoms with Gasteiger partial charge < -0.3 is 25.4 Å². The van der Waals surface area contributed by atoms with Crippen molar-refractivity contribution in [2.45, 2.75) is 26.2 Å². The van der Waals surface area contributed by atoms with E-state index in [4.69, 9.17) is 15.9 Å². The van der Waals surface area contributed by atoms with E-state index in [1.165, 1.54) is 0 Å². The molecule has 1 aromatic heterocycles. The first-order valence-electron chi connectivity index (χ1n) is 8.77. The van der Waals surface area contributed by atoms with Crippen molar-refractivity contribution in [3.05, 3.63) is 59.2 Å². The molecule has 1 aliphatic rings. The summed E-state index contributed by atoms with van der Waals surface area (Å²) in [7, 11) is 0. The van der Waals surface area contributed by atoms with E-state index in [0.717, 1.165) is 11.3 Å². The van der Waals surface area contributed by atoms with Crippen molar-refractivity contribution in [1.82, 2.24) is 10.3 Å². The number of ether oxygens (including phenoxy) is 2. The standard InChI is InChI=1S/C19H22FN5O3/c1-12-5-6-13(7-23-12)11-27-15-9-25(10-15)16-4-2-3-14(17(16)20)8-24-19(26)28-18(21)22/h2-7,15H,8-11H2,1H3,(H3,21,22)(H,24,26). The molecule has 28 heavy (non-hydrogen) atoms. The molecule has 1 saturated heterocycles. The number of carbonyl (C=O) groups excluding carboxylic acids is 1. The summed E-state index contributed by atoms with van der Waals surface area (Å²) in [6, 6.07) is 8.18. The van der Waals surface area contributed by atoms with Gasteiger partial charge in [-0.1, -0.05) is 18.2 Å². The van der Waals surface area contributed by atoms with E-state index in [0.29, 0.717) is 30.9 Å². The molecular weight excluding hydrogens is 365 g/mol. The molecular formula is C19H22FN5O3. The first kappa shape index (κ1) is 19.6. The van der Waals surface area contributed by atoms with E-state index >= 15 is 0 Å². The molecule has 1 amide bonds. The summed E-state index contributed by atoms with van der Waals surface area (Å²) >= 11 is 0. The first-order chi connectivity index (χ1) is 13.4. The van der Waals surface area contributed by atoms with Crippen molar-refractivity contribution in [2.24, 2.45) is 5.73 Å². The molecule has 0 atom stereocenters. The van der Waals surface area contributed by atoms with Crippen LogP contribution >= 0.6 is 0 Å². The number of nitrogens with two attached hydrogens (primary N) is 1. The zero-order chi connectivity index (χ0) is 20.1. The number of amides is 1. The average Bonchev–Trinajstić information content (AvgIpc) is 2.61. The van der Waals surface area contributed by atoms with Gasteiger partial charge in [-0.25, -0.2) is 9.18 Å². The summed E-state index contributed by atoms with van der Waals surface area (Å²) in [6.07, 6.45) is 0.910. The number of hydrogen-bond donors (Lipinski definition) is 3. The van der Waals surface area contributed by atoms with Crippen molar-refractivity contribution >= 4 is 17.8 Å². The van der Waals surface area contributed by atoms with Crippen LogP contribution in [0.5, 0.6) is 0 Å². The number of nitrogens with one attached hydrogen (secondary N) is 2. The van der Waals surface area contributed by atoms with Gasteiger partial charge in [-0.15, -0.1) is 0 Å². The Morgan fingerprint density at radius 1 is 1.39 bits per heavy atom. The lowest BCUT2D eigenvalue weighted by Crippen LogP contribution is -2.52. The maximum absolute atomic E-state index is 14.7. The number of pyridine rings is 1. The van der Waals surface area contributed by atoms with Crippen LogP contribution in [0.15, 0.2) is 36.5 Å². The topological polar surface area (TPSA) is 114 Å². The molecule has 0 saturated carbocycles. The van der Waals surface area contributed by atoms with Gasteiger partial charge in [0, 0.05) is 37.1 Å². The molecule has 2 heterocycles. The van der Waals surface area contributed by atoms with Gasteiger partial charge in [0.25, 0.3) is 6.02 Å². The zero-order valence-corrected chi connectivity index (χ0v) is 15.4. The molecule has 148 valence electrons. The molecule has 4 N–H and O–H groups in total. The second-order valence-electron chi connectivity index (χ2n) is 6.50. The van der Waals surface area contributed by atoms with Crippen LogP contribution in [0.1, 0.15) is 16.8 Å². The van der Waals surface area contributed by atoms with Gasteiger partial charge >= 0.3 is 6.09 Å².